The number of carboxylic acids is 1. The highest BCUT2D eigenvalue weighted by atomic mass is 16.6. The Morgan fingerprint density at radius 2 is 1.61 bits per heavy atom. The van der Waals surface area contributed by atoms with Crippen LogP contribution in [0.15, 0.2) is 60.7 Å². The van der Waals surface area contributed by atoms with Gasteiger partial charge in [-0.05, 0) is 31.4 Å². The van der Waals surface area contributed by atoms with Crippen molar-refractivity contribution in [2.24, 2.45) is 0 Å². The Bertz CT molecular complexity index is 806. The van der Waals surface area contributed by atoms with E-state index in [-0.39, 0.29) is 13.0 Å². The number of rotatable bonds is 6. The molecule has 0 saturated carbocycles. The molecule has 6 nitrogen and oxygen atoms in total. The second-order valence-electron chi connectivity index (χ2n) is 7.37. The number of carbonyl (C=O) groups excluding carboxylic acids is 1. The van der Waals surface area contributed by atoms with Gasteiger partial charge < -0.3 is 14.6 Å². The quantitative estimate of drug-likeness (QED) is 0.820. The van der Waals surface area contributed by atoms with Crippen LogP contribution in [0.1, 0.15) is 31.4 Å². The van der Waals surface area contributed by atoms with Crippen molar-refractivity contribution >= 4 is 12.1 Å². The first-order chi connectivity index (χ1) is 13.4. The van der Waals surface area contributed by atoms with Crippen LogP contribution >= 0.6 is 0 Å². The van der Waals surface area contributed by atoms with Crippen LogP contribution in [0.25, 0.3) is 0 Å². The molecule has 28 heavy (non-hydrogen) atoms. The van der Waals surface area contributed by atoms with Crippen LogP contribution in [0.3, 0.4) is 0 Å². The van der Waals surface area contributed by atoms with Gasteiger partial charge in [0.2, 0.25) is 0 Å². The number of benzene rings is 2. The van der Waals surface area contributed by atoms with Gasteiger partial charge in [-0.2, -0.15) is 0 Å². The lowest BCUT2D eigenvalue weighted by molar-refractivity contribution is -0.141. The molecule has 0 radical (unpaired) electrons. The van der Waals surface area contributed by atoms with Crippen LogP contribution in [-0.4, -0.2) is 39.9 Å². The summed E-state index contributed by atoms with van der Waals surface area (Å²) in [7, 11) is 0. The minimum atomic E-state index is -0.965. The van der Waals surface area contributed by atoms with Crippen molar-refractivity contribution in [3.05, 3.63) is 71.8 Å². The SMILES string of the molecule is CC1(C)O[C@H](CC(=O)O)[C@H](Cc2ccccc2)N1C(=O)OCc1ccccc1. The molecular weight excluding hydrogens is 358 g/mol. The zero-order valence-corrected chi connectivity index (χ0v) is 16.1. The Kier molecular flexibility index (Phi) is 5.99. The van der Waals surface area contributed by atoms with E-state index in [0.29, 0.717) is 6.42 Å². The van der Waals surface area contributed by atoms with E-state index < -0.39 is 29.9 Å². The van der Waals surface area contributed by atoms with E-state index >= 15 is 0 Å². The molecule has 0 unspecified atom stereocenters. The number of nitrogens with zero attached hydrogens (tertiary/aromatic N) is 1. The highest BCUT2D eigenvalue weighted by Gasteiger charge is 2.51. The van der Waals surface area contributed by atoms with Gasteiger partial charge in [0.1, 0.15) is 12.3 Å². The third-order valence-corrected chi connectivity index (χ3v) is 4.85. The maximum absolute atomic E-state index is 12.9. The van der Waals surface area contributed by atoms with E-state index in [2.05, 4.69) is 0 Å². The lowest BCUT2D eigenvalue weighted by Crippen LogP contribution is -2.49. The van der Waals surface area contributed by atoms with Crippen molar-refractivity contribution in [3.63, 3.8) is 0 Å². The molecule has 1 saturated heterocycles. The summed E-state index contributed by atoms with van der Waals surface area (Å²) in [5.74, 6) is -0.960. The number of amides is 1. The first-order valence-electron chi connectivity index (χ1n) is 9.30. The van der Waals surface area contributed by atoms with Gasteiger partial charge in [0.05, 0.1) is 18.6 Å². The molecule has 148 valence electrons. The molecule has 2 aromatic carbocycles. The Hall–Kier alpha value is -2.86. The lowest BCUT2D eigenvalue weighted by atomic mass is 9.98. The van der Waals surface area contributed by atoms with Crippen molar-refractivity contribution < 1.29 is 24.2 Å². The molecule has 1 fully saturated rings. The summed E-state index contributed by atoms with van der Waals surface area (Å²) in [6.45, 7) is 3.67. The average molecular weight is 383 g/mol. The molecule has 2 atom stereocenters. The molecule has 1 aliphatic rings. The Morgan fingerprint density at radius 3 is 2.18 bits per heavy atom. The van der Waals surface area contributed by atoms with Gasteiger partial charge in [0.25, 0.3) is 0 Å². The lowest BCUT2D eigenvalue weighted by Gasteiger charge is -2.33. The Balaban J connectivity index is 1.81. The second-order valence-corrected chi connectivity index (χ2v) is 7.37. The van der Waals surface area contributed by atoms with E-state index in [0.717, 1.165) is 11.1 Å². The van der Waals surface area contributed by atoms with Crippen molar-refractivity contribution in [3.8, 4) is 0 Å². The smallest absolute Gasteiger partial charge is 0.412 e. The van der Waals surface area contributed by atoms with Gasteiger partial charge in [-0.3, -0.25) is 9.69 Å². The first-order valence-corrected chi connectivity index (χ1v) is 9.30. The molecule has 1 amide bonds. The first kappa shape index (κ1) is 19.9. The number of aliphatic carboxylic acids is 1. The summed E-state index contributed by atoms with van der Waals surface area (Å²) in [4.78, 5) is 25.8. The van der Waals surface area contributed by atoms with E-state index in [4.69, 9.17) is 9.47 Å². The molecular formula is C22H25NO5. The van der Waals surface area contributed by atoms with Crippen molar-refractivity contribution in [2.45, 2.75) is 51.2 Å². The van der Waals surface area contributed by atoms with E-state index in [9.17, 15) is 14.7 Å². The summed E-state index contributed by atoms with van der Waals surface area (Å²) in [6, 6.07) is 18.7. The normalized spacial score (nSPS) is 20.7. The van der Waals surface area contributed by atoms with E-state index in [1.165, 1.54) is 4.90 Å². The second kappa shape index (κ2) is 8.44. The minimum absolute atomic E-state index is 0.147. The molecule has 1 N–H and O–H groups in total. The molecule has 0 aliphatic carbocycles. The predicted molar refractivity (Wildman–Crippen MR) is 104 cm³/mol. The molecule has 0 spiro atoms. The fourth-order valence-electron chi connectivity index (χ4n) is 3.64. The molecule has 3 rings (SSSR count). The van der Waals surface area contributed by atoms with Crippen LogP contribution in [0.5, 0.6) is 0 Å². The maximum Gasteiger partial charge on any atom is 0.412 e. The summed E-state index contributed by atoms with van der Waals surface area (Å²) in [5.41, 5.74) is 0.924. The average Bonchev–Trinajstić information content (AvgIpc) is 2.90. The number of hydrogen-bond donors (Lipinski definition) is 1. The zero-order chi connectivity index (χ0) is 20.1. The van der Waals surface area contributed by atoms with E-state index in [1.54, 1.807) is 13.8 Å². The van der Waals surface area contributed by atoms with Gasteiger partial charge in [-0.25, -0.2) is 4.79 Å². The van der Waals surface area contributed by atoms with Crippen LogP contribution < -0.4 is 0 Å². The molecule has 2 aromatic rings. The maximum atomic E-state index is 12.9. The largest absolute Gasteiger partial charge is 0.481 e. The summed E-state index contributed by atoms with van der Waals surface area (Å²) >= 11 is 0. The summed E-state index contributed by atoms with van der Waals surface area (Å²) in [6.07, 6.45) is -0.814. The third kappa shape index (κ3) is 4.70. The monoisotopic (exact) mass is 383 g/mol. The Morgan fingerprint density at radius 1 is 1.04 bits per heavy atom. The van der Waals surface area contributed by atoms with Gasteiger partial charge in [-0.1, -0.05) is 60.7 Å². The molecule has 1 heterocycles. The van der Waals surface area contributed by atoms with Crippen LogP contribution in [-0.2, 0) is 27.3 Å². The minimum Gasteiger partial charge on any atom is -0.481 e. The van der Waals surface area contributed by atoms with Gasteiger partial charge >= 0.3 is 12.1 Å². The van der Waals surface area contributed by atoms with Gasteiger partial charge in [0.15, 0.2) is 0 Å². The van der Waals surface area contributed by atoms with Crippen LogP contribution in [0.2, 0.25) is 0 Å². The van der Waals surface area contributed by atoms with Crippen LogP contribution in [0.4, 0.5) is 4.79 Å². The molecule has 1 aliphatic heterocycles. The van der Waals surface area contributed by atoms with Crippen molar-refractivity contribution in [2.75, 3.05) is 0 Å². The third-order valence-electron chi connectivity index (χ3n) is 4.85. The molecule has 0 aromatic heterocycles. The number of carboxylic acid groups (broad SMARTS) is 1. The highest BCUT2D eigenvalue weighted by Crippen LogP contribution is 2.36. The molecule has 0 bridgehead atoms. The van der Waals surface area contributed by atoms with E-state index in [1.807, 2.05) is 60.7 Å². The van der Waals surface area contributed by atoms with Crippen molar-refractivity contribution in [1.82, 2.24) is 4.90 Å². The standard InChI is InChI=1S/C22H25NO5/c1-22(2)23(21(26)27-15-17-11-7-4-8-12-17)18(19(28-22)14-20(24)25)13-16-9-5-3-6-10-16/h3-12,18-19H,13-15H2,1-2H3,(H,24,25)/t18-,19+/m0/s1. The zero-order valence-electron chi connectivity index (χ0n) is 16.1. The predicted octanol–water partition coefficient (Wildman–Crippen LogP) is 3.85. The number of hydrogen-bond acceptors (Lipinski definition) is 4. The summed E-state index contributed by atoms with van der Waals surface area (Å²) < 4.78 is 11.5. The molecule has 6 heteroatoms. The Labute approximate surface area is 164 Å². The van der Waals surface area contributed by atoms with Gasteiger partial charge in [-0.15, -0.1) is 0 Å². The van der Waals surface area contributed by atoms with Crippen molar-refractivity contribution in [1.29, 1.82) is 0 Å². The van der Waals surface area contributed by atoms with Gasteiger partial charge in [0, 0.05) is 0 Å². The fraction of sp³-hybridized carbons (Fsp3) is 0.364. The summed E-state index contributed by atoms with van der Waals surface area (Å²) in [5, 5.41) is 9.29. The number of carbonyl (C=O) groups is 2. The highest BCUT2D eigenvalue weighted by molar-refractivity contribution is 5.71. The topological polar surface area (TPSA) is 76.1 Å². The fourth-order valence-corrected chi connectivity index (χ4v) is 3.64. The number of ether oxygens (including phenoxy) is 2. The van der Waals surface area contributed by atoms with Crippen LogP contribution in [0, 0.1) is 0 Å².